The van der Waals surface area contributed by atoms with E-state index in [0.717, 1.165) is 10.6 Å². The Morgan fingerprint density at radius 3 is 2.86 bits per heavy atom. The summed E-state index contributed by atoms with van der Waals surface area (Å²) in [5.41, 5.74) is 8.69. The van der Waals surface area contributed by atoms with Crippen LogP contribution in [0.15, 0.2) is 21.5 Å². The predicted molar refractivity (Wildman–Crippen MR) is 109 cm³/mol. The summed E-state index contributed by atoms with van der Waals surface area (Å²) in [5, 5.41) is 1.56. The van der Waals surface area contributed by atoms with Gasteiger partial charge in [-0.3, -0.25) is 14.5 Å². The van der Waals surface area contributed by atoms with Crippen LogP contribution in [0, 0.1) is 6.92 Å². The van der Waals surface area contributed by atoms with Gasteiger partial charge in [0.1, 0.15) is 17.1 Å². The number of aromatic nitrogens is 1. The summed E-state index contributed by atoms with van der Waals surface area (Å²) in [6, 6.07) is -0.638. The van der Waals surface area contributed by atoms with E-state index in [1.54, 1.807) is 5.51 Å². The van der Waals surface area contributed by atoms with Crippen molar-refractivity contribution in [1.29, 1.82) is 0 Å². The Bertz CT molecular complexity index is 866. The molecule has 2 N–H and O–H groups in total. The van der Waals surface area contributed by atoms with E-state index < -0.39 is 24.3 Å². The minimum Gasteiger partial charge on any atom is -0.426 e. The van der Waals surface area contributed by atoms with Crippen molar-refractivity contribution in [2.24, 2.45) is 5.73 Å². The normalized spacial score (nSPS) is 22.7. The third-order valence-electron chi connectivity index (χ3n) is 3.99. The summed E-state index contributed by atoms with van der Waals surface area (Å²) in [5.74, 6) is -1.09. The van der Waals surface area contributed by atoms with Crippen LogP contribution in [0.4, 0.5) is 0 Å². The van der Waals surface area contributed by atoms with E-state index >= 15 is 0 Å². The number of thioether (sulfide) groups is 2. The van der Waals surface area contributed by atoms with E-state index in [4.69, 9.17) is 15.2 Å². The van der Waals surface area contributed by atoms with Crippen LogP contribution in [-0.4, -0.2) is 51.2 Å². The second-order valence-corrected chi connectivity index (χ2v) is 9.00. The van der Waals surface area contributed by atoms with Gasteiger partial charge >= 0.3 is 11.9 Å². The Kier molecular flexibility index (Phi) is 6.48. The molecular formula is C17H19N3O5S3. The molecule has 11 heteroatoms. The van der Waals surface area contributed by atoms with Gasteiger partial charge in [-0.25, -0.2) is 9.78 Å². The standard InChI is InChI=1S/C17H19N3O5S3/c1-8-11(28-7-19-8)4-5-26-12-6-27-16-13(18)15(22)20(16)14(12)17(23)25-10(3)24-9(2)21/h4-5,7,10,13,16H,6,18H2,1-3H3/b5-4-/t10?,13-,16-/m1/s1. The van der Waals surface area contributed by atoms with Crippen LogP contribution in [-0.2, 0) is 23.9 Å². The van der Waals surface area contributed by atoms with Crippen molar-refractivity contribution in [2.75, 3.05) is 5.75 Å². The molecule has 28 heavy (non-hydrogen) atoms. The zero-order valence-electron chi connectivity index (χ0n) is 15.4. The van der Waals surface area contributed by atoms with Gasteiger partial charge < -0.3 is 15.2 Å². The second-order valence-electron chi connectivity index (χ2n) is 6.01. The summed E-state index contributed by atoms with van der Waals surface area (Å²) >= 11 is 4.35. The highest BCUT2D eigenvalue weighted by molar-refractivity contribution is 8.08. The van der Waals surface area contributed by atoms with Gasteiger partial charge in [0.05, 0.1) is 16.1 Å². The van der Waals surface area contributed by atoms with Gasteiger partial charge in [0.2, 0.25) is 12.2 Å². The van der Waals surface area contributed by atoms with Crippen LogP contribution >= 0.6 is 34.9 Å². The molecule has 1 fully saturated rings. The Labute approximate surface area is 174 Å². The van der Waals surface area contributed by atoms with E-state index in [0.29, 0.717) is 10.7 Å². The van der Waals surface area contributed by atoms with Crippen LogP contribution in [0.2, 0.25) is 0 Å². The minimum absolute atomic E-state index is 0.158. The molecule has 1 saturated heterocycles. The van der Waals surface area contributed by atoms with E-state index in [9.17, 15) is 14.4 Å². The van der Waals surface area contributed by atoms with E-state index in [2.05, 4.69) is 4.98 Å². The Morgan fingerprint density at radius 1 is 1.46 bits per heavy atom. The van der Waals surface area contributed by atoms with Crippen molar-refractivity contribution in [1.82, 2.24) is 9.88 Å². The fourth-order valence-electron chi connectivity index (χ4n) is 2.68. The second kappa shape index (κ2) is 8.68. The number of amides is 1. The molecule has 3 heterocycles. The first-order chi connectivity index (χ1) is 13.3. The maximum Gasteiger partial charge on any atom is 0.359 e. The van der Waals surface area contributed by atoms with Gasteiger partial charge in [-0.05, 0) is 18.4 Å². The van der Waals surface area contributed by atoms with Crippen LogP contribution in [0.1, 0.15) is 24.4 Å². The molecule has 8 nitrogen and oxygen atoms in total. The number of nitrogens with two attached hydrogens (primary N) is 1. The van der Waals surface area contributed by atoms with Gasteiger partial charge in [0.25, 0.3) is 0 Å². The Morgan fingerprint density at radius 2 is 2.21 bits per heavy atom. The number of thiazole rings is 1. The largest absolute Gasteiger partial charge is 0.426 e. The molecule has 0 aromatic carbocycles. The van der Waals surface area contributed by atoms with Crippen molar-refractivity contribution in [2.45, 2.75) is 38.5 Å². The average Bonchev–Trinajstić information content (AvgIpc) is 3.04. The molecular weight excluding hydrogens is 422 g/mol. The maximum absolute atomic E-state index is 12.7. The summed E-state index contributed by atoms with van der Waals surface area (Å²) in [6.07, 6.45) is 0.854. The first-order valence-electron chi connectivity index (χ1n) is 8.34. The smallest absolute Gasteiger partial charge is 0.359 e. The number of rotatable bonds is 6. The van der Waals surface area contributed by atoms with Gasteiger partial charge in [0.15, 0.2) is 0 Å². The van der Waals surface area contributed by atoms with Crippen LogP contribution in [0.5, 0.6) is 0 Å². The number of aryl methyl sites for hydroxylation is 1. The van der Waals surface area contributed by atoms with Gasteiger partial charge in [0, 0.05) is 24.5 Å². The quantitative estimate of drug-likeness (QED) is 0.403. The van der Waals surface area contributed by atoms with Crippen LogP contribution < -0.4 is 5.73 Å². The van der Waals surface area contributed by atoms with Crippen molar-refractivity contribution >= 4 is 58.8 Å². The molecule has 3 atom stereocenters. The molecule has 1 amide bonds. The molecule has 2 aliphatic heterocycles. The predicted octanol–water partition coefficient (Wildman–Crippen LogP) is 2.06. The summed E-state index contributed by atoms with van der Waals surface area (Å²) < 4.78 is 10.1. The highest BCUT2D eigenvalue weighted by Gasteiger charge is 2.52. The minimum atomic E-state index is -1.06. The van der Waals surface area contributed by atoms with E-state index in [-0.39, 0.29) is 17.0 Å². The van der Waals surface area contributed by atoms with Gasteiger partial charge in [-0.2, -0.15) is 0 Å². The lowest BCUT2D eigenvalue weighted by Gasteiger charge is -2.48. The number of esters is 2. The topological polar surface area (TPSA) is 112 Å². The molecule has 2 aliphatic rings. The zero-order chi connectivity index (χ0) is 20.4. The molecule has 1 aromatic rings. The molecule has 1 unspecified atom stereocenters. The fourth-order valence-corrected chi connectivity index (χ4v) is 5.74. The number of β-lactam (4-membered cyclic amide) rings is 1. The van der Waals surface area contributed by atoms with Gasteiger partial charge in [-0.1, -0.05) is 11.8 Å². The lowest BCUT2D eigenvalue weighted by atomic mass is 10.1. The lowest BCUT2D eigenvalue weighted by molar-refractivity contribution is -0.182. The van der Waals surface area contributed by atoms with Crippen molar-refractivity contribution in [3.05, 3.63) is 32.1 Å². The molecule has 3 rings (SSSR count). The van der Waals surface area contributed by atoms with Crippen molar-refractivity contribution < 1.29 is 23.9 Å². The van der Waals surface area contributed by atoms with E-state index in [1.807, 2.05) is 18.4 Å². The zero-order valence-corrected chi connectivity index (χ0v) is 17.9. The Hall–Kier alpha value is -1.82. The number of carbonyl (C=O) groups is 3. The van der Waals surface area contributed by atoms with Crippen molar-refractivity contribution in [3.63, 3.8) is 0 Å². The number of nitrogens with zero attached hydrogens (tertiary/aromatic N) is 2. The molecule has 1 aromatic heterocycles. The summed E-state index contributed by atoms with van der Waals surface area (Å²) in [4.78, 5) is 43.3. The molecule has 0 saturated carbocycles. The number of hydrogen-bond acceptors (Lipinski definition) is 10. The average molecular weight is 442 g/mol. The number of fused-ring (bicyclic) bond motifs is 1. The molecule has 0 bridgehead atoms. The summed E-state index contributed by atoms with van der Waals surface area (Å²) in [7, 11) is 0. The molecule has 0 spiro atoms. The Balaban J connectivity index is 1.82. The first kappa shape index (κ1) is 20.9. The SMILES string of the molecule is CC(=O)OC(C)OC(=O)C1=C(S/C=C\c2scnc2C)CS[C@@H]2[C@H](N)C(=O)N12. The number of ether oxygens (including phenoxy) is 2. The third kappa shape index (κ3) is 4.27. The van der Waals surface area contributed by atoms with E-state index in [1.165, 1.54) is 53.6 Å². The van der Waals surface area contributed by atoms with Crippen LogP contribution in [0.3, 0.4) is 0 Å². The highest BCUT2D eigenvalue weighted by Crippen LogP contribution is 2.43. The summed E-state index contributed by atoms with van der Waals surface area (Å²) in [6.45, 7) is 4.58. The monoisotopic (exact) mass is 441 g/mol. The highest BCUT2D eigenvalue weighted by atomic mass is 32.2. The van der Waals surface area contributed by atoms with Gasteiger partial charge in [-0.15, -0.1) is 23.1 Å². The maximum atomic E-state index is 12.7. The fraction of sp³-hybridized carbons (Fsp3) is 0.412. The lowest BCUT2D eigenvalue weighted by Crippen LogP contribution is -2.68. The molecule has 150 valence electrons. The number of carbonyl (C=O) groups excluding carboxylic acids is 3. The number of hydrogen-bond donors (Lipinski definition) is 1. The molecule has 0 radical (unpaired) electrons. The van der Waals surface area contributed by atoms with Crippen molar-refractivity contribution in [3.8, 4) is 0 Å². The molecule has 0 aliphatic carbocycles. The third-order valence-corrected chi connectivity index (χ3v) is 7.26. The first-order valence-corrected chi connectivity index (χ1v) is 11.1. The van der Waals surface area contributed by atoms with Crippen LogP contribution in [0.25, 0.3) is 6.08 Å².